The van der Waals surface area contributed by atoms with E-state index in [1.54, 1.807) is 0 Å². The lowest BCUT2D eigenvalue weighted by Gasteiger charge is -2.37. The number of pyridine rings is 1. The first-order valence-corrected chi connectivity index (χ1v) is 14.3. The number of unbranched alkanes of at least 4 members (excludes halogenated alkanes) is 6. The standard InChI is InChI=1S/C31H41F4NO2/c1-3-5-7-8-10-12-25(32)22-14-16-26(36-29(22)35)23-13-15-24(28(34)27(23)33)31(30(37)38)19-17-21(18-20-31)11-9-6-4-2/h13-16,21,25H,3-12,17-20H2,1-2H3,(H,37,38). The fourth-order valence-electron chi connectivity index (χ4n) is 5.77. The van der Waals surface area contributed by atoms with Gasteiger partial charge in [0.15, 0.2) is 11.6 Å². The van der Waals surface area contributed by atoms with Crippen molar-refractivity contribution in [3.63, 3.8) is 0 Å². The fraction of sp³-hybridized carbons (Fsp3) is 0.613. The molecule has 38 heavy (non-hydrogen) atoms. The summed E-state index contributed by atoms with van der Waals surface area (Å²) in [4.78, 5) is 16.1. The molecule has 0 spiro atoms. The van der Waals surface area contributed by atoms with Crippen LogP contribution in [-0.4, -0.2) is 16.1 Å². The van der Waals surface area contributed by atoms with Gasteiger partial charge in [0.1, 0.15) is 6.17 Å². The van der Waals surface area contributed by atoms with Crippen molar-refractivity contribution in [2.75, 3.05) is 0 Å². The van der Waals surface area contributed by atoms with Crippen molar-refractivity contribution in [3.8, 4) is 11.3 Å². The Morgan fingerprint density at radius 2 is 1.61 bits per heavy atom. The molecule has 1 N–H and O–H groups in total. The van der Waals surface area contributed by atoms with Crippen LogP contribution in [-0.2, 0) is 10.2 Å². The number of benzene rings is 1. The van der Waals surface area contributed by atoms with E-state index in [1.807, 2.05) is 0 Å². The molecule has 1 fully saturated rings. The summed E-state index contributed by atoms with van der Waals surface area (Å²) in [5.41, 5.74) is -2.30. The Balaban J connectivity index is 1.78. The molecule has 3 rings (SSSR count). The number of aromatic nitrogens is 1. The maximum Gasteiger partial charge on any atom is 0.314 e. The number of carbonyl (C=O) groups is 1. The second-order valence-corrected chi connectivity index (χ2v) is 10.9. The molecule has 1 aromatic heterocycles. The van der Waals surface area contributed by atoms with Crippen LogP contribution in [0.15, 0.2) is 24.3 Å². The topological polar surface area (TPSA) is 50.2 Å². The monoisotopic (exact) mass is 535 g/mol. The van der Waals surface area contributed by atoms with Gasteiger partial charge in [-0.2, -0.15) is 4.39 Å². The molecule has 0 radical (unpaired) electrons. The molecule has 1 saturated carbocycles. The van der Waals surface area contributed by atoms with Gasteiger partial charge in [-0.1, -0.05) is 77.7 Å². The van der Waals surface area contributed by atoms with Gasteiger partial charge in [0.2, 0.25) is 5.95 Å². The van der Waals surface area contributed by atoms with Gasteiger partial charge in [-0.25, -0.2) is 18.2 Å². The highest BCUT2D eigenvalue weighted by Gasteiger charge is 2.45. The third kappa shape index (κ3) is 6.95. The van der Waals surface area contributed by atoms with E-state index in [0.717, 1.165) is 51.4 Å². The third-order valence-electron chi connectivity index (χ3n) is 8.23. The minimum absolute atomic E-state index is 0.159. The first kappa shape index (κ1) is 30.1. The van der Waals surface area contributed by atoms with Crippen molar-refractivity contribution in [3.05, 3.63) is 53.0 Å². The summed E-state index contributed by atoms with van der Waals surface area (Å²) in [5, 5.41) is 10.1. The van der Waals surface area contributed by atoms with Crippen LogP contribution in [0.2, 0.25) is 0 Å². The summed E-state index contributed by atoms with van der Waals surface area (Å²) in [7, 11) is 0. The third-order valence-corrected chi connectivity index (χ3v) is 8.23. The summed E-state index contributed by atoms with van der Waals surface area (Å²) < 4.78 is 60.0. The lowest BCUT2D eigenvalue weighted by Crippen LogP contribution is -2.40. The molecular weight excluding hydrogens is 494 g/mol. The number of hydrogen-bond donors (Lipinski definition) is 1. The fourth-order valence-corrected chi connectivity index (χ4v) is 5.77. The lowest BCUT2D eigenvalue weighted by atomic mass is 9.65. The molecule has 0 aliphatic heterocycles. The van der Waals surface area contributed by atoms with Crippen molar-refractivity contribution in [1.29, 1.82) is 0 Å². The minimum atomic E-state index is -1.52. The van der Waals surface area contributed by atoms with Gasteiger partial charge in [0, 0.05) is 16.7 Å². The molecule has 2 aromatic rings. The molecular formula is C31H41F4NO2. The van der Waals surface area contributed by atoms with Gasteiger partial charge in [-0.3, -0.25) is 4.79 Å². The summed E-state index contributed by atoms with van der Waals surface area (Å²) in [6, 6.07) is 5.07. The maximum atomic E-state index is 15.4. The number of nitrogens with zero attached hydrogens (tertiary/aromatic N) is 1. The van der Waals surface area contributed by atoms with Crippen LogP contribution in [0.5, 0.6) is 0 Å². The highest BCUT2D eigenvalue weighted by Crippen LogP contribution is 2.45. The van der Waals surface area contributed by atoms with Crippen LogP contribution in [0, 0.1) is 23.5 Å². The molecule has 1 unspecified atom stereocenters. The number of halogens is 4. The van der Waals surface area contributed by atoms with Crippen LogP contribution < -0.4 is 0 Å². The van der Waals surface area contributed by atoms with Gasteiger partial charge in [0.05, 0.1) is 11.1 Å². The molecule has 1 aliphatic rings. The molecule has 7 heteroatoms. The molecule has 0 saturated heterocycles. The SMILES string of the molecule is CCCCCCCC(F)c1ccc(-c2ccc(C3(C(=O)O)CCC(CCCCC)CC3)c(F)c2F)nc1F. The molecule has 210 valence electrons. The Morgan fingerprint density at radius 1 is 0.947 bits per heavy atom. The summed E-state index contributed by atoms with van der Waals surface area (Å²) in [6.07, 6.45) is 9.45. The quantitative estimate of drug-likeness (QED) is 0.149. The van der Waals surface area contributed by atoms with Crippen LogP contribution in [0.4, 0.5) is 17.6 Å². The van der Waals surface area contributed by atoms with Gasteiger partial charge in [0.25, 0.3) is 0 Å². The zero-order valence-electron chi connectivity index (χ0n) is 22.7. The highest BCUT2D eigenvalue weighted by molar-refractivity contribution is 5.82. The Labute approximate surface area is 224 Å². The molecule has 1 heterocycles. The van der Waals surface area contributed by atoms with E-state index in [9.17, 15) is 18.7 Å². The van der Waals surface area contributed by atoms with Gasteiger partial charge in [-0.15, -0.1) is 0 Å². The van der Waals surface area contributed by atoms with Crippen molar-refractivity contribution in [2.24, 2.45) is 5.92 Å². The van der Waals surface area contributed by atoms with E-state index in [-0.39, 0.29) is 41.6 Å². The van der Waals surface area contributed by atoms with Gasteiger partial charge in [-0.05, 0) is 56.2 Å². The van der Waals surface area contributed by atoms with Gasteiger partial charge >= 0.3 is 5.97 Å². The first-order chi connectivity index (χ1) is 18.2. The Morgan fingerprint density at radius 3 is 2.24 bits per heavy atom. The van der Waals surface area contributed by atoms with Crippen LogP contribution in [0.25, 0.3) is 11.3 Å². The van der Waals surface area contributed by atoms with Crippen molar-refractivity contribution in [1.82, 2.24) is 4.98 Å². The first-order valence-electron chi connectivity index (χ1n) is 14.3. The highest BCUT2D eigenvalue weighted by atomic mass is 19.2. The summed E-state index contributed by atoms with van der Waals surface area (Å²) in [5.74, 6) is -4.32. The van der Waals surface area contributed by atoms with Crippen LogP contribution in [0.3, 0.4) is 0 Å². The Kier molecular flexibility index (Phi) is 11.2. The summed E-state index contributed by atoms with van der Waals surface area (Å²) >= 11 is 0. The van der Waals surface area contributed by atoms with Crippen molar-refractivity contribution >= 4 is 5.97 Å². The maximum absolute atomic E-state index is 15.4. The lowest BCUT2D eigenvalue weighted by molar-refractivity contribution is -0.145. The Hall–Kier alpha value is -2.44. The van der Waals surface area contributed by atoms with E-state index in [2.05, 4.69) is 18.8 Å². The zero-order chi connectivity index (χ0) is 27.7. The van der Waals surface area contributed by atoms with E-state index < -0.39 is 35.1 Å². The smallest absolute Gasteiger partial charge is 0.314 e. The average molecular weight is 536 g/mol. The Bertz CT molecular complexity index is 1070. The average Bonchev–Trinajstić information content (AvgIpc) is 2.90. The van der Waals surface area contributed by atoms with Crippen molar-refractivity contribution in [2.45, 2.75) is 115 Å². The zero-order valence-corrected chi connectivity index (χ0v) is 22.7. The van der Waals surface area contributed by atoms with Gasteiger partial charge < -0.3 is 5.11 Å². The normalized spacial score (nSPS) is 20.4. The molecule has 1 aliphatic carbocycles. The largest absolute Gasteiger partial charge is 0.481 e. The second kappa shape index (κ2) is 14.1. The molecule has 1 atom stereocenters. The predicted molar refractivity (Wildman–Crippen MR) is 142 cm³/mol. The van der Waals surface area contributed by atoms with E-state index in [0.29, 0.717) is 25.2 Å². The number of alkyl halides is 1. The molecule has 1 aromatic carbocycles. The van der Waals surface area contributed by atoms with E-state index in [4.69, 9.17) is 0 Å². The predicted octanol–water partition coefficient (Wildman–Crippen LogP) is 9.63. The summed E-state index contributed by atoms with van der Waals surface area (Å²) in [6.45, 7) is 4.22. The van der Waals surface area contributed by atoms with Crippen LogP contribution >= 0.6 is 0 Å². The number of carboxylic acid groups (broad SMARTS) is 1. The van der Waals surface area contributed by atoms with E-state index >= 15 is 8.78 Å². The minimum Gasteiger partial charge on any atom is -0.481 e. The number of aliphatic carboxylic acids is 1. The van der Waals surface area contributed by atoms with Crippen LogP contribution in [0.1, 0.15) is 121 Å². The second-order valence-electron chi connectivity index (χ2n) is 10.9. The molecule has 0 bridgehead atoms. The molecule has 0 amide bonds. The number of carboxylic acids is 1. The number of hydrogen-bond acceptors (Lipinski definition) is 2. The number of rotatable bonds is 14. The molecule has 3 nitrogen and oxygen atoms in total. The van der Waals surface area contributed by atoms with E-state index in [1.165, 1.54) is 24.3 Å². The van der Waals surface area contributed by atoms with Crippen molar-refractivity contribution < 1.29 is 27.5 Å².